The summed E-state index contributed by atoms with van der Waals surface area (Å²) in [7, 11) is 0. The molecule has 2 aromatic carbocycles. The standard InChI is InChI=1S/C37H44N4O4/c42-34(12-13-35(43)41-25-37-20-27-16-28(21-37)18-29(17-27)22-37)38-14-15-45-33-10-7-30(8-11-33)31-6-9-32(39-24-31)19-36(44)40-23-26-4-2-1-3-5-26/h1-11,24,27-29H,12-23,25H2,(H,38,42)(H,40,44)(H,41,43). The molecule has 4 saturated carbocycles. The Kier molecular flexibility index (Phi) is 9.77. The van der Waals surface area contributed by atoms with Crippen molar-refractivity contribution in [2.45, 2.75) is 64.3 Å². The lowest BCUT2D eigenvalue weighted by Crippen LogP contribution is -2.51. The highest BCUT2D eigenvalue weighted by Gasteiger charge is 2.50. The summed E-state index contributed by atoms with van der Waals surface area (Å²) in [5.74, 6) is 3.08. The maximum atomic E-state index is 12.5. The monoisotopic (exact) mass is 608 g/mol. The van der Waals surface area contributed by atoms with Crippen molar-refractivity contribution in [1.82, 2.24) is 20.9 Å². The molecular formula is C37H44N4O4. The topological polar surface area (TPSA) is 109 Å². The van der Waals surface area contributed by atoms with E-state index in [0.29, 0.717) is 36.6 Å². The van der Waals surface area contributed by atoms with Gasteiger partial charge in [-0.15, -0.1) is 0 Å². The number of nitrogens with zero attached hydrogens (tertiary/aromatic N) is 1. The maximum absolute atomic E-state index is 12.5. The summed E-state index contributed by atoms with van der Waals surface area (Å²) in [4.78, 5) is 41.5. The zero-order valence-corrected chi connectivity index (χ0v) is 25.9. The molecule has 4 bridgehead atoms. The third-order valence-corrected chi connectivity index (χ3v) is 9.78. The normalized spacial score (nSPS) is 22.9. The Bertz CT molecular complexity index is 1420. The van der Waals surface area contributed by atoms with Crippen LogP contribution in [-0.4, -0.2) is 42.4 Å². The predicted octanol–water partition coefficient (Wildman–Crippen LogP) is 5.22. The van der Waals surface area contributed by atoms with E-state index in [4.69, 9.17) is 4.74 Å². The van der Waals surface area contributed by atoms with Crippen LogP contribution in [0.5, 0.6) is 5.75 Å². The molecule has 0 spiro atoms. The van der Waals surface area contributed by atoms with E-state index in [0.717, 1.165) is 41.0 Å². The molecule has 4 fully saturated rings. The van der Waals surface area contributed by atoms with Crippen LogP contribution in [0.2, 0.25) is 0 Å². The molecule has 1 aromatic heterocycles. The first-order chi connectivity index (χ1) is 21.9. The molecule has 0 saturated heterocycles. The van der Waals surface area contributed by atoms with Gasteiger partial charge in [0, 0.05) is 43.4 Å². The fraction of sp³-hybridized carbons (Fsp3) is 0.459. The molecule has 0 aliphatic heterocycles. The zero-order chi connectivity index (χ0) is 31.1. The van der Waals surface area contributed by atoms with Crippen LogP contribution in [0.1, 0.15) is 62.6 Å². The largest absolute Gasteiger partial charge is 0.492 e. The number of nitrogens with one attached hydrogen (secondary N) is 3. The van der Waals surface area contributed by atoms with E-state index >= 15 is 0 Å². The van der Waals surface area contributed by atoms with Crippen molar-refractivity contribution in [2.24, 2.45) is 23.2 Å². The SMILES string of the molecule is O=C(CCC(=O)NCC12CC3CC(CC(C3)C1)C2)NCCOc1ccc(-c2ccc(CC(=O)NCc3ccccc3)nc2)cc1. The van der Waals surface area contributed by atoms with Gasteiger partial charge in [0.2, 0.25) is 17.7 Å². The first kappa shape index (κ1) is 30.8. The minimum absolute atomic E-state index is 0.0218. The lowest BCUT2D eigenvalue weighted by Gasteiger charge is -2.56. The van der Waals surface area contributed by atoms with Crippen molar-refractivity contribution in [3.8, 4) is 16.9 Å². The van der Waals surface area contributed by atoms with Gasteiger partial charge in [-0.1, -0.05) is 48.5 Å². The molecule has 3 N–H and O–H groups in total. The van der Waals surface area contributed by atoms with E-state index in [1.807, 2.05) is 66.7 Å². The van der Waals surface area contributed by atoms with Crippen LogP contribution in [0.15, 0.2) is 72.9 Å². The molecular weight excluding hydrogens is 564 g/mol. The van der Waals surface area contributed by atoms with Crippen LogP contribution in [0.25, 0.3) is 11.1 Å². The number of amides is 3. The minimum Gasteiger partial charge on any atom is -0.492 e. The van der Waals surface area contributed by atoms with Crippen LogP contribution in [0.4, 0.5) is 0 Å². The second kappa shape index (κ2) is 14.3. The van der Waals surface area contributed by atoms with Crippen molar-refractivity contribution in [3.63, 3.8) is 0 Å². The van der Waals surface area contributed by atoms with Crippen LogP contribution in [-0.2, 0) is 27.3 Å². The zero-order valence-electron chi connectivity index (χ0n) is 25.9. The summed E-state index contributed by atoms with van der Waals surface area (Å²) < 4.78 is 5.79. The van der Waals surface area contributed by atoms with Gasteiger partial charge in [0.15, 0.2) is 0 Å². The Labute approximate surface area is 265 Å². The summed E-state index contributed by atoms with van der Waals surface area (Å²) in [5, 5.41) is 8.93. The summed E-state index contributed by atoms with van der Waals surface area (Å²) >= 11 is 0. The summed E-state index contributed by atoms with van der Waals surface area (Å²) in [5.41, 5.74) is 4.02. The second-order valence-electron chi connectivity index (χ2n) is 13.4. The first-order valence-electron chi connectivity index (χ1n) is 16.4. The molecule has 4 aliphatic carbocycles. The van der Waals surface area contributed by atoms with Crippen molar-refractivity contribution in [1.29, 1.82) is 0 Å². The molecule has 8 nitrogen and oxygen atoms in total. The first-order valence-corrected chi connectivity index (χ1v) is 16.4. The van der Waals surface area contributed by atoms with E-state index in [1.54, 1.807) is 6.20 Å². The summed E-state index contributed by atoms with van der Waals surface area (Å²) in [6.45, 7) is 1.99. The Balaban J connectivity index is 0.847. The highest BCUT2D eigenvalue weighted by atomic mass is 16.5. The van der Waals surface area contributed by atoms with Crippen molar-refractivity contribution >= 4 is 17.7 Å². The number of ether oxygens (including phenoxy) is 1. The number of carbonyl (C=O) groups excluding carboxylic acids is 3. The van der Waals surface area contributed by atoms with Gasteiger partial charge in [-0.2, -0.15) is 0 Å². The van der Waals surface area contributed by atoms with Crippen LogP contribution < -0.4 is 20.7 Å². The lowest BCUT2D eigenvalue weighted by atomic mass is 9.49. The maximum Gasteiger partial charge on any atom is 0.226 e. The Morgan fingerprint density at radius 2 is 1.38 bits per heavy atom. The fourth-order valence-corrected chi connectivity index (χ4v) is 8.02. The third kappa shape index (κ3) is 8.50. The molecule has 0 radical (unpaired) electrons. The average molecular weight is 609 g/mol. The second-order valence-corrected chi connectivity index (χ2v) is 13.4. The van der Waals surface area contributed by atoms with Gasteiger partial charge in [-0.25, -0.2) is 0 Å². The molecule has 0 atom stereocenters. The molecule has 1 heterocycles. The Morgan fingerprint density at radius 1 is 0.733 bits per heavy atom. The van der Waals surface area contributed by atoms with E-state index < -0.39 is 0 Å². The highest BCUT2D eigenvalue weighted by molar-refractivity contribution is 5.83. The number of carbonyl (C=O) groups is 3. The van der Waals surface area contributed by atoms with Gasteiger partial charge in [0.1, 0.15) is 12.4 Å². The number of aromatic nitrogens is 1. The quantitative estimate of drug-likeness (QED) is 0.218. The Hall–Kier alpha value is -4.20. The van der Waals surface area contributed by atoms with E-state index in [2.05, 4.69) is 20.9 Å². The molecule has 0 unspecified atom stereocenters. The third-order valence-electron chi connectivity index (χ3n) is 9.78. The van der Waals surface area contributed by atoms with Gasteiger partial charge in [0.05, 0.1) is 13.0 Å². The number of hydrogen-bond acceptors (Lipinski definition) is 5. The van der Waals surface area contributed by atoms with E-state index in [-0.39, 0.29) is 37.0 Å². The molecule has 3 aromatic rings. The van der Waals surface area contributed by atoms with Gasteiger partial charge in [-0.05, 0) is 91.0 Å². The van der Waals surface area contributed by atoms with Gasteiger partial charge < -0.3 is 20.7 Å². The van der Waals surface area contributed by atoms with Gasteiger partial charge >= 0.3 is 0 Å². The fourth-order valence-electron chi connectivity index (χ4n) is 8.02. The van der Waals surface area contributed by atoms with Crippen molar-refractivity contribution in [3.05, 3.63) is 84.2 Å². The minimum atomic E-state index is -0.136. The lowest BCUT2D eigenvalue weighted by molar-refractivity contribution is -0.127. The average Bonchev–Trinajstić information content (AvgIpc) is 3.04. The molecule has 4 aliphatic rings. The molecule has 8 heteroatoms. The number of benzene rings is 2. The molecule has 3 amide bonds. The van der Waals surface area contributed by atoms with Gasteiger partial charge in [-0.3, -0.25) is 19.4 Å². The van der Waals surface area contributed by atoms with Crippen LogP contribution >= 0.6 is 0 Å². The summed E-state index contributed by atoms with van der Waals surface area (Å²) in [6.07, 6.45) is 10.4. The van der Waals surface area contributed by atoms with Crippen LogP contribution in [0.3, 0.4) is 0 Å². The number of hydrogen-bond donors (Lipinski definition) is 3. The number of pyridine rings is 1. The van der Waals surface area contributed by atoms with Crippen LogP contribution in [0, 0.1) is 23.2 Å². The number of rotatable bonds is 14. The van der Waals surface area contributed by atoms with Crippen molar-refractivity contribution < 1.29 is 19.1 Å². The van der Waals surface area contributed by atoms with Crippen molar-refractivity contribution in [2.75, 3.05) is 19.7 Å². The smallest absolute Gasteiger partial charge is 0.226 e. The predicted molar refractivity (Wildman–Crippen MR) is 173 cm³/mol. The highest BCUT2D eigenvalue weighted by Crippen LogP contribution is 2.59. The van der Waals surface area contributed by atoms with E-state index in [1.165, 1.54) is 38.5 Å². The van der Waals surface area contributed by atoms with Gasteiger partial charge in [0.25, 0.3) is 0 Å². The summed E-state index contributed by atoms with van der Waals surface area (Å²) in [6, 6.07) is 21.3. The van der Waals surface area contributed by atoms with E-state index in [9.17, 15) is 14.4 Å². The molecule has 236 valence electrons. The molecule has 7 rings (SSSR count). The Morgan fingerprint density at radius 3 is 2.02 bits per heavy atom. The molecule has 45 heavy (non-hydrogen) atoms.